The molecule has 2 unspecified atom stereocenters. The van der Waals surface area contributed by atoms with Crippen LogP contribution in [-0.2, 0) is 0 Å². The van der Waals surface area contributed by atoms with E-state index in [4.69, 9.17) is 5.73 Å². The minimum Gasteiger partial charge on any atom is -0.392 e. The first kappa shape index (κ1) is 12.9. The predicted octanol–water partition coefficient (Wildman–Crippen LogP) is 0.674. The van der Waals surface area contributed by atoms with Crippen LogP contribution < -0.4 is 5.73 Å². The molecule has 0 radical (unpaired) electrons. The third-order valence-corrected chi connectivity index (χ3v) is 2.57. The van der Waals surface area contributed by atoms with E-state index in [1.54, 1.807) is 0 Å². The average molecular weight is 188 g/mol. The van der Waals surface area contributed by atoms with Crippen LogP contribution in [0.15, 0.2) is 0 Å². The van der Waals surface area contributed by atoms with Gasteiger partial charge in [-0.05, 0) is 32.4 Å². The maximum Gasteiger partial charge on any atom is 0.0638 e. The molecule has 0 aliphatic heterocycles. The molecule has 0 aromatic carbocycles. The fourth-order valence-corrected chi connectivity index (χ4v) is 1.49. The number of likely N-dealkylation sites (N-methyl/N-ethyl adjacent to an activating group) is 1. The number of nitrogens with zero attached hydrogens (tertiary/aromatic N) is 1. The lowest BCUT2D eigenvalue weighted by atomic mass is 9.87. The topological polar surface area (TPSA) is 49.5 Å². The zero-order chi connectivity index (χ0) is 10.5. The van der Waals surface area contributed by atoms with Crippen LogP contribution in [0.5, 0.6) is 0 Å². The van der Waals surface area contributed by atoms with E-state index in [0.29, 0.717) is 6.54 Å². The van der Waals surface area contributed by atoms with Crippen molar-refractivity contribution < 1.29 is 5.11 Å². The smallest absolute Gasteiger partial charge is 0.0638 e. The monoisotopic (exact) mass is 188 g/mol. The Morgan fingerprint density at radius 3 is 2.38 bits per heavy atom. The standard InChI is InChI=1S/C10H24N2O/c1-5-10(3,7-11)8-12(4)6-9(2)13/h9,13H,5-8,11H2,1-4H3. The van der Waals surface area contributed by atoms with Crippen LogP contribution in [0.25, 0.3) is 0 Å². The number of rotatable bonds is 6. The van der Waals surface area contributed by atoms with Gasteiger partial charge in [-0.25, -0.2) is 0 Å². The fourth-order valence-electron chi connectivity index (χ4n) is 1.49. The van der Waals surface area contributed by atoms with E-state index >= 15 is 0 Å². The summed E-state index contributed by atoms with van der Waals surface area (Å²) in [5, 5.41) is 9.19. The highest BCUT2D eigenvalue weighted by Gasteiger charge is 2.22. The van der Waals surface area contributed by atoms with Gasteiger partial charge >= 0.3 is 0 Å². The number of hydrogen-bond donors (Lipinski definition) is 2. The molecular formula is C10H24N2O. The quantitative estimate of drug-likeness (QED) is 0.644. The van der Waals surface area contributed by atoms with E-state index in [-0.39, 0.29) is 11.5 Å². The maximum atomic E-state index is 9.19. The zero-order valence-electron chi connectivity index (χ0n) is 9.38. The normalized spacial score (nSPS) is 18.7. The summed E-state index contributed by atoms with van der Waals surface area (Å²) in [7, 11) is 2.02. The molecule has 0 amide bonds. The van der Waals surface area contributed by atoms with Gasteiger partial charge in [0, 0.05) is 13.1 Å². The van der Waals surface area contributed by atoms with Crippen LogP contribution in [0.1, 0.15) is 27.2 Å². The van der Waals surface area contributed by atoms with Crippen molar-refractivity contribution in [3.05, 3.63) is 0 Å². The Hall–Kier alpha value is -0.120. The largest absolute Gasteiger partial charge is 0.392 e. The molecule has 0 rings (SSSR count). The van der Waals surface area contributed by atoms with Crippen molar-refractivity contribution >= 4 is 0 Å². The summed E-state index contributed by atoms with van der Waals surface area (Å²) in [6.45, 7) is 8.52. The van der Waals surface area contributed by atoms with Crippen LogP contribution in [-0.4, -0.2) is 42.8 Å². The van der Waals surface area contributed by atoms with Gasteiger partial charge in [-0.1, -0.05) is 13.8 Å². The van der Waals surface area contributed by atoms with Crippen molar-refractivity contribution in [1.82, 2.24) is 4.90 Å². The Bertz CT molecular complexity index is 133. The summed E-state index contributed by atoms with van der Waals surface area (Å²) in [6.07, 6.45) is 0.817. The minimum absolute atomic E-state index is 0.184. The number of aliphatic hydroxyl groups excluding tert-OH is 1. The van der Waals surface area contributed by atoms with Gasteiger partial charge in [-0.15, -0.1) is 0 Å². The molecule has 3 heteroatoms. The van der Waals surface area contributed by atoms with Gasteiger partial charge in [0.25, 0.3) is 0 Å². The van der Waals surface area contributed by atoms with Gasteiger partial charge in [-0.3, -0.25) is 0 Å². The molecule has 13 heavy (non-hydrogen) atoms. The Morgan fingerprint density at radius 1 is 1.54 bits per heavy atom. The lowest BCUT2D eigenvalue weighted by molar-refractivity contribution is 0.111. The lowest BCUT2D eigenvalue weighted by Crippen LogP contribution is -2.40. The molecule has 0 heterocycles. The van der Waals surface area contributed by atoms with Crippen molar-refractivity contribution in [3.63, 3.8) is 0 Å². The average Bonchev–Trinajstić information content (AvgIpc) is 2.02. The molecule has 0 bridgehead atoms. The molecule has 2 atom stereocenters. The number of nitrogens with two attached hydrogens (primary N) is 1. The summed E-state index contributed by atoms with van der Waals surface area (Å²) < 4.78 is 0. The Morgan fingerprint density at radius 2 is 2.08 bits per heavy atom. The van der Waals surface area contributed by atoms with E-state index in [0.717, 1.165) is 19.5 Å². The Balaban J connectivity index is 3.94. The van der Waals surface area contributed by atoms with Gasteiger partial charge in [0.05, 0.1) is 6.10 Å². The number of hydrogen-bond acceptors (Lipinski definition) is 3. The molecular weight excluding hydrogens is 164 g/mol. The van der Waals surface area contributed by atoms with E-state index in [1.807, 2.05) is 14.0 Å². The molecule has 0 aromatic rings. The van der Waals surface area contributed by atoms with Crippen LogP contribution in [0.4, 0.5) is 0 Å². The lowest BCUT2D eigenvalue weighted by Gasteiger charge is -2.32. The van der Waals surface area contributed by atoms with Crippen molar-refractivity contribution in [2.24, 2.45) is 11.1 Å². The first-order valence-electron chi connectivity index (χ1n) is 5.00. The molecule has 0 spiro atoms. The molecule has 3 N–H and O–H groups in total. The Kier molecular flexibility index (Phi) is 5.53. The maximum absolute atomic E-state index is 9.19. The minimum atomic E-state index is -0.260. The van der Waals surface area contributed by atoms with Crippen LogP contribution in [0.2, 0.25) is 0 Å². The van der Waals surface area contributed by atoms with E-state index in [1.165, 1.54) is 0 Å². The predicted molar refractivity (Wildman–Crippen MR) is 56.6 cm³/mol. The summed E-state index contributed by atoms with van der Waals surface area (Å²) in [5.74, 6) is 0. The van der Waals surface area contributed by atoms with Gasteiger partial charge in [0.1, 0.15) is 0 Å². The van der Waals surface area contributed by atoms with Gasteiger partial charge in [-0.2, -0.15) is 0 Å². The van der Waals surface area contributed by atoms with E-state index < -0.39 is 0 Å². The highest BCUT2D eigenvalue weighted by Crippen LogP contribution is 2.19. The van der Waals surface area contributed by atoms with Crippen molar-refractivity contribution in [3.8, 4) is 0 Å². The first-order valence-corrected chi connectivity index (χ1v) is 5.00. The third-order valence-electron chi connectivity index (χ3n) is 2.57. The molecule has 0 fully saturated rings. The molecule has 0 aromatic heterocycles. The van der Waals surface area contributed by atoms with E-state index in [2.05, 4.69) is 18.7 Å². The summed E-state index contributed by atoms with van der Waals surface area (Å²) in [5.41, 5.74) is 5.89. The van der Waals surface area contributed by atoms with Gasteiger partial charge < -0.3 is 15.7 Å². The SMILES string of the molecule is CCC(C)(CN)CN(C)CC(C)O. The van der Waals surface area contributed by atoms with Gasteiger partial charge in [0.15, 0.2) is 0 Å². The van der Waals surface area contributed by atoms with Crippen LogP contribution >= 0.6 is 0 Å². The van der Waals surface area contributed by atoms with E-state index in [9.17, 15) is 5.11 Å². The molecule has 0 saturated carbocycles. The van der Waals surface area contributed by atoms with Crippen molar-refractivity contribution in [1.29, 1.82) is 0 Å². The van der Waals surface area contributed by atoms with Gasteiger partial charge in [0.2, 0.25) is 0 Å². The third kappa shape index (κ3) is 5.24. The van der Waals surface area contributed by atoms with Crippen LogP contribution in [0, 0.1) is 5.41 Å². The van der Waals surface area contributed by atoms with Crippen molar-refractivity contribution in [2.45, 2.75) is 33.3 Å². The molecule has 0 saturated heterocycles. The summed E-state index contributed by atoms with van der Waals surface area (Å²) in [4.78, 5) is 2.14. The summed E-state index contributed by atoms with van der Waals surface area (Å²) >= 11 is 0. The molecule has 3 nitrogen and oxygen atoms in total. The second-order valence-electron chi connectivity index (χ2n) is 4.41. The summed E-state index contributed by atoms with van der Waals surface area (Å²) in [6, 6.07) is 0. The highest BCUT2D eigenvalue weighted by molar-refractivity contribution is 4.77. The fraction of sp³-hybridized carbons (Fsp3) is 1.00. The highest BCUT2D eigenvalue weighted by atomic mass is 16.3. The second-order valence-corrected chi connectivity index (χ2v) is 4.41. The zero-order valence-corrected chi connectivity index (χ0v) is 9.38. The number of aliphatic hydroxyl groups is 1. The van der Waals surface area contributed by atoms with Crippen molar-refractivity contribution in [2.75, 3.05) is 26.7 Å². The first-order chi connectivity index (χ1) is 5.93. The molecule has 0 aliphatic carbocycles. The second kappa shape index (κ2) is 5.58. The molecule has 80 valence electrons. The molecule has 0 aliphatic rings. The van der Waals surface area contributed by atoms with Crippen LogP contribution in [0.3, 0.4) is 0 Å². The Labute approximate surface area is 81.9 Å².